The van der Waals surface area contributed by atoms with Gasteiger partial charge in [0, 0.05) is 30.2 Å². The zero-order valence-electron chi connectivity index (χ0n) is 10.4. The number of benzene rings is 1. The molecule has 0 saturated heterocycles. The van der Waals surface area contributed by atoms with Crippen molar-refractivity contribution in [2.24, 2.45) is 5.92 Å². The minimum Gasteiger partial charge on any atom is -0.315 e. The highest BCUT2D eigenvalue weighted by atomic mass is 35.5. The van der Waals surface area contributed by atoms with Gasteiger partial charge in [-0.25, -0.2) is 4.39 Å². The molecule has 0 unspecified atom stereocenters. The molecular formula is C13H20ClFN2. The predicted molar refractivity (Wildman–Crippen MR) is 70.8 cm³/mol. The van der Waals surface area contributed by atoms with Crippen molar-refractivity contribution in [1.82, 2.24) is 10.6 Å². The molecule has 0 fully saturated rings. The lowest BCUT2D eigenvalue weighted by Crippen LogP contribution is -2.29. The highest BCUT2D eigenvalue weighted by molar-refractivity contribution is 6.31. The van der Waals surface area contributed by atoms with E-state index in [0.717, 1.165) is 19.6 Å². The van der Waals surface area contributed by atoms with Gasteiger partial charge in [0.1, 0.15) is 5.82 Å². The maximum absolute atomic E-state index is 13.4. The van der Waals surface area contributed by atoms with Crippen molar-refractivity contribution in [1.29, 1.82) is 0 Å². The van der Waals surface area contributed by atoms with E-state index in [4.69, 9.17) is 11.6 Å². The summed E-state index contributed by atoms with van der Waals surface area (Å²) in [6, 6.07) is 4.75. The van der Waals surface area contributed by atoms with Gasteiger partial charge in [-0.3, -0.25) is 0 Å². The number of hydrogen-bond donors (Lipinski definition) is 2. The zero-order chi connectivity index (χ0) is 12.7. The van der Waals surface area contributed by atoms with E-state index >= 15 is 0 Å². The Morgan fingerprint density at radius 3 is 2.59 bits per heavy atom. The molecule has 0 heterocycles. The quantitative estimate of drug-likeness (QED) is 0.735. The van der Waals surface area contributed by atoms with Crippen LogP contribution in [0.4, 0.5) is 4.39 Å². The molecule has 2 N–H and O–H groups in total. The van der Waals surface area contributed by atoms with Crippen LogP contribution in [0.3, 0.4) is 0 Å². The van der Waals surface area contributed by atoms with E-state index in [2.05, 4.69) is 24.5 Å². The van der Waals surface area contributed by atoms with Gasteiger partial charge in [-0.1, -0.05) is 31.5 Å². The van der Waals surface area contributed by atoms with E-state index in [1.807, 2.05) is 0 Å². The Bertz CT molecular complexity index is 322. The molecule has 0 saturated carbocycles. The van der Waals surface area contributed by atoms with E-state index in [9.17, 15) is 4.39 Å². The molecule has 0 aromatic heterocycles. The molecule has 0 aliphatic heterocycles. The number of rotatable bonds is 7. The van der Waals surface area contributed by atoms with Crippen molar-refractivity contribution in [3.63, 3.8) is 0 Å². The second kappa shape index (κ2) is 7.64. The number of halogens is 2. The van der Waals surface area contributed by atoms with Gasteiger partial charge in [0.25, 0.3) is 0 Å². The van der Waals surface area contributed by atoms with Crippen LogP contribution in [0.25, 0.3) is 0 Å². The van der Waals surface area contributed by atoms with E-state index in [1.54, 1.807) is 12.1 Å². The second-order valence-corrected chi connectivity index (χ2v) is 4.88. The van der Waals surface area contributed by atoms with Gasteiger partial charge in [0.2, 0.25) is 0 Å². The van der Waals surface area contributed by atoms with Gasteiger partial charge in [0.05, 0.1) is 0 Å². The van der Waals surface area contributed by atoms with E-state index in [-0.39, 0.29) is 5.82 Å². The van der Waals surface area contributed by atoms with Gasteiger partial charge in [-0.05, 0) is 24.6 Å². The topological polar surface area (TPSA) is 24.1 Å². The lowest BCUT2D eigenvalue weighted by molar-refractivity contribution is 0.530. The van der Waals surface area contributed by atoms with Gasteiger partial charge in [-0.2, -0.15) is 0 Å². The first-order valence-corrected chi connectivity index (χ1v) is 6.33. The number of nitrogens with one attached hydrogen (secondary N) is 2. The van der Waals surface area contributed by atoms with Crippen molar-refractivity contribution in [3.05, 3.63) is 34.6 Å². The minimum atomic E-state index is -0.250. The Labute approximate surface area is 108 Å². The zero-order valence-corrected chi connectivity index (χ0v) is 11.1. The summed E-state index contributed by atoms with van der Waals surface area (Å²) in [5.74, 6) is 0.399. The molecular weight excluding hydrogens is 239 g/mol. The van der Waals surface area contributed by atoms with Crippen molar-refractivity contribution in [2.45, 2.75) is 20.4 Å². The molecule has 1 aromatic rings. The molecule has 2 nitrogen and oxygen atoms in total. The van der Waals surface area contributed by atoms with E-state index in [0.29, 0.717) is 23.0 Å². The fourth-order valence-corrected chi connectivity index (χ4v) is 1.71. The van der Waals surface area contributed by atoms with Gasteiger partial charge < -0.3 is 10.6 Å². The van der Waals surface area contributed by atoms with Crippen LogP contribution in [-0.2, 0) is 6.54 Å². The Morgan fingerprint density at radius 2 is 1.94 bits per heavy atom. The molecule has 1 aromatic carbocycles. The smallest absolute Gasteiger partial charge is 0.129 e. The molecule has 0 aliphatic rings. The maximum atomic E-state index is 13.4. The summed E-state index contributed by atoms with van der Waals surface area (Å²) in [6.07, 6.45) is 0. The molecule has 17 heavy (non-hydrogen) atoms. The van der Waals surface area contributed by atoms with Crippen LogP contribution in [0, 0.1) is 11.7 Å². The van der Waals surface area contributed by atoms with E-state index < -0.39 is 0 Å². The normalized spacial score (nSPS) is 11.1. The monoisotopic (exact) mass is 258 g/mol. The average molecular weight is 259 g/mol. The predicted octanol–water partition coefficient (Wildman–Crippen LogP) is 2.81. The van der Waals surface area contributed by atoms with Crippen molar-refractivity contribution in [3.8, 4) is 0 Å². The molecule has 0 radical (unpaired) electrons. The lowest BCUT2D eigenvalue weighted by Gasteiger charge is -2.09. The van der Waals surface area contributed by atoms with Crippen molar-refractivity contribution < 1.29 is 4.39 Å². The summed E-state index contributed by atoms with van der Waals surface area (Å²) in [7, 11) is 0. The fourth-order valence-electron chi connectivity index (χ4n) is 1.48. The minimum absolute atomic E-state index is 0.250. The first kappa shape index (κ1) is 14.4. The standard InChI is InChI=1S/C13H20ClFN2/c1-10(2)8-16-6-7-17-9-11-12(14)4-3-5-13(11)15/h3-5,10,16-17H,6-9H2,1-2H3. The molecule has 0 spiro atoms. The molecule has 0 bridgehead atoms. The molecule has 0 amide bonds. The van der Waals surface area contributed by atoms with Crippen LogP contribution in [0.2, 0.25) is 5.02 Å². The SMILES string of the molecule is CC(C)CNCCNCc1c(F)cccc1Cl. The fraction of sp³-hybridized carbons (Fsp3) is 0.538. The summed E-state index contributed by atoms with van der Waals surface area (Å²) in [5.41, 5.74) is 0.540. The molecule has 0 atom stereocenters. The highest BCUT2D eigenvalue weighted by Crippen LogP contribution is 2.18. The Morgan fingerprint density at radius 1 is 1.24 bits per heavy atom. The summed E-state index contributed by atoms with van der Waals surface area (Å²) in [5, 5.41) is 6.96. The molecule has 4 heteroatoms. The van der Waals surface area contributed by atoms with Crippen LogP contribution >= 0.6 is 11.6 Å². The van der Waals surface area contributed by atoms with Crippen LogP contribution in [0.5, 0.6) is 0 Å². The lowest BCUT2D eigenvalue weighted by atomic mass is 10.2. The van der Waals surface area contributed by atoms with Crippen molar-refractivity contribution in [2.75, 3.05) is 19.6 Å². The van der Waals surface area contributed by atoms with Crippen LogP contribution in [-0.4, -0.2) is 19.6 Å². The largest absolute Gasteiger partial charge is 0.315 e. The van der Waals surface area contributed by atoms with E-state index in [1.165, 1.54) is 6.07 Å². The maximum Gasteiger partial charge on any atom is 0.129 e. The van der Waals surface area contributed by atoms with Crippen LogP contribution in [0.15, 0.2) is 18.2 Å². The van der Waals surface area contributed by atoms with Gasteiger partial charge >= 0.3 is 0 Å². The number of hydrogen-bond acceptors (Lipinski definition) is 2. The van der Waals surface area contributed by atoms with Crippen molar-refractivity contribution >= 4 is 11.6 Å². The molecule has 96 valence electrons. The summed E-state index contributed by atoms with van der Waals surface area (Å²) < 4.78 is 13.4. The third-order valence-electron chi connectivity index (χ3n) is 2.39. The summed E-state index contributed by atoms with van der Waals surface area (Å²) in [6.45, 7) is 7.48. The second-order valence-electron chi connectivity index (χ2n) is 4.47. The van der Waals surface area contributed by atoms with Gasteiger partial charge in [-0.15, -0.1) is 0 Å². The average Bonchev–Trinajstić information content (AvgIpc) is 2.26. The first-order chi connectivity index (χ1) is 8.11. The summed E-state index contributed by atoms with van der Waals surface area (Å²) in [4.78, 5) is 0. The Kier molecular flexibility index (Phi) is 6.48. The first-order valence-electron chi connectivity index (χ1n) is 5.95. The highest BCUT2D eigenvalue weighted by Gasteiger charge is 2.05. The van der Waals surface area contributed by atoms with Crippen LogP contribution in [0.1, 0.15) is 19.4 Å². The van der Waals surface area contributed by atoms with Crippen LogP contribution < -0.4 is 10.6 Å². The summed E-state index contributed by atoms with van der Waals surface area (Å²) >= 11 is 5.92. The third kappa shape index (κ3) is 5.48. The third-order valence-corrected chi connectivity index (χ3v) is 2.75. The Balaban J connectivity index is 2.22. The molecule has 1 rings (SSSR count). The Hall–Kier alpha value is -0.640. The molecule has 0 aliphatic carbocycles. The van der Waals surface area contributed by atoms with Gasteiger partial charge in [0.15, 0.2) is 0 Å².